The summed E-state index contributed by atoms with van der Waals surface area (Å²) in [5.41, 5.74) is 22.6. The van der Waals surface area contributed by atoms with Crippen LogP contribution in [-0.4, -0.2) is 88.2 Å². The van der Waals surface area contributed by atoms with Crippen LogP contribution in [0.15, 0.2) is 29.3 Å². The van der Waals surface area contributed by atoms with E-state index in [1.807, 2.05) is 0 Å². The second-order valence-corrected chi connectivity index (χ2v) is 9.66. The van der Waals surface area contributed by atoms with E-state index in [9.17, 15) is 34.2 Å². The van der Waals surface area contributed by atoms with Gasteiger partial charge >= 0.3 is 11.9 Å². The van der Waals surface area contributed by atoms with Gasteiger partial charge in [-0.2, -0.15) is 0 Å². The van der Waals surface area contributed by atoms with Crippen molar-refractivity contribution in [1.29, 1.82) is 0 Å². The minimum atomic E-state index is -1.33. The summed E-state index contributed by atoms with van der Waals surface area (Å²) < 4.78 is 0. The van der Waals surface area contributed by atoms with Crippen LogP contribution in [0.25, 0.3) is 0 Å². The molecule has 0 saturated heterocycles. The lowest BCUT2D eigenvalue weighted by atomic mass is 10.0. The van der Waals surface area contributed by atoms with Crippen LogP contribution in [0.5, 0.6) is 5.75 Å². The van der Waals surface area contributed by atoms with Gasteiger partial charge in [0.25, 0.3) is 0 Å². The maximum atomic E-state index is 13.3. The van der Waals surface area contributed by atoms with E-state index in [1.165, 1.54) is 24.3 Å². The number of aliphatic carboxylic acids is 2. The Kier molecular flexibility index (Phi) is 15.9. The van der Waals surface area contributed by atoms with Crippen LogP contribution in [-0.2, 0) is 30.4 Å². The minimum absolute atomic E-state index is 0.000117. The first-order chi connectivity index (χ1) is 19.8. The maximum absolute atomic E-state index is 13.3. The highest BCUT2D eigenvalue weighted by Crippen LogP contribution is 2.12. The number of guanidine groups is 1. The standard InChI is InChI=1S/C26H42N8O8/c27-12-2-1-4-18(24(40)34-20(25(41)42)14-15-6-8-16(35)9-7-15)33-23(39)19(5-3-13-31-26(29)30)32-22(38)17(28)10-11-21(36)37/h6-9,17-20,35H,1-5,10-14,27-28H2,(H,32,38)(H,33,39)(H,34,40)(H,36,37)(H,41,42)(H4,29,30,31). The number of aliphatic imine (C=N–C) groups is 1. The summed E-state index contributed by atoms with van der Waals surface area (Å²) in [6, 6.07) is 0.946. The van der Waals surface area contributed by atoms with Gasteiger partial charge in [-0.25, -0.2) is 4.79 Å². The number of nitrogens with one attached hydrogen (secondary N) is 3. The van der Waals surface area contributed by atoms with Crippen molar-refractivity contribution in [3.8, 4) is 5.75 Å². The first kappa shape index (κ1) is 35.6. The van der Waals surface area contributed by atoms with Crippen LogP contribution in [0.1, 0.15) is 50.5 Å². The van der Waals surface area contributed by atoms with Crippen LogP contribution >= 0.6 is 0 Å². The van der Waals surface area contributed by atoms with Crippen molar-refractivity contribution in [2.45, 2.75) is 75.5 Å². The Bertz CT molecular complexity index is 1080. The molecule has 0 heterocycles. The third-order valence-electron chi connectivity index (χ3n) is 6.15. The number of hydrogen-bond acceptors (Lipinski definition) is 9. The average molecular weight is 595 g/mol. The van der Waals surface area contributed by atoms with Crippen LogP contribution in [0.3, 0.4) is 0 Å². The normalized spacial score (nSPS) is 13.6. The lowest BCUT2D eigenvalue weighted by Gasteiger charge is -2.25. The fourth-order valence-corrected chi connectivity index (χ4v) is 3.84. The molecule has 16 heteroatoms. The van der Waals surface area contributed by atoms with Crippen molar-refractivity contribution in [1.82, 2.24) is 16.0 Å². The number of nitrogens with two attached hydrogens (primary N) is 4. The van der Waals surface area contributed by atoms with E-state index in [0.29, 0.717) is 24.9 Å². The third-order valence-corrected chi connectivity index (χ3v) is 6.15. The summed E-state index contributed by atoms with van der Waals surface area (Å²) in [6.07, 6.45) is 0.821. The number of unbranched alkanes of at least 4 members (excludes halogenated alkanes) is 1. The zero-order chi connectivity index (χ0) is 31.7. The number of phenols is 1. The molecular formula is C26H42N8O8. The van der Waals surface area contributed by atoms with E-state index < -0.39 is 53.8 Å². The number of carboxylic acids is 2. The fourth-order valence-electron chi connectivity index (χ4n) is 3.84. The molecule has 0 aliphatic heterocycles. The number of aromatic hydroxyl groups is 1. The Hall–Kier alpha value is -4.44. The zero-order valence-corrected chi connectivity index (χ0v) is 23.3. The average Bonchev–Trinajstić information content (AvgIpc) is 2.93. The molecule has 234 valence electrons. The van der Waals surface area contributed by atoms with Crippen molar-refractivity contribution < 1.29 is 39.3 Å². The molecule has 3 amide bonds. The smallest absolute Gasteiger partial charge is 0.326 e. The Balaban J connectivity index is 3.07. The number of carboxylic acid groups (broad SMARTS) is 2. The van der Waals surface area contributed by atoms with Crippen molar-refractivity contribution in [3.05, 3.63) is 29.8 Å². The summed E-state index contributed by atoms with van der Waals surface area (Å²) in [5.74, 6) is -4.85. The summed E-state index contributed by atoms with van der Waals surface area (Å²) in [5, 5.41) is 35.5. The Morgan fingerprint density at radius 3 is 1.86 bits per heavy atom. The molecule has 0 aliphatic carbocycles. The van der Waals surface area contributed by atoms with Crippen LogP contribution in [0, 0.1) is 0 Å². The van der Waals surface area contributed by atoms with Crippen molar-refractivity contribution in [2.24, 2.45) is 27.9 Å². The summed E-state index contributed by atoms with van der Waals surface area (Å²) >= 11 is 0. The number of carbonyl (C=O) groups excluding carboxylic acids is 3. The van der Waals surface area contributed by atoms with Gasteiger partial charge in [0.1, 0.15) is 23.9 Å². The van der Waals surface area contributed by atoms with E-state index in [1.54, 1.807) is 0 Å². The molecule has 4 atom stereocenters. The summed E-state index contributed by atoms with van der Waals surface area (Å²) in [7, 11) is 0. The highest BCUT2D eigenvalue weighted by Gasteiger charge is 2.30. The molecule has 0 radical (unpaired) electrons. The summed E-state index contributed by atoms with van der Waals surface area (Å²) in [4.78, 5) is 65.7. The molecule has 0 aromatic heterocycles. The predicted molar refractivity (Wildman–Crippen MR) is 153 cm³/mol. The second-order valence-electron chi connectivity index (χ2n) is 9.66. The highest BCUT2D eigenvalue weighted by atomic mass is 16.4. The first-order valence-electron chi connectivity index (χ1n) is 13.5. The van der Waals surface area contributed by atoms with Crippen molar-refractivity contribution in [3.63, 3.8) is 0 Å². The first-order valence-corrected chi connectivity index (χ1v) is 13.5. The molecule has 16 nitrogen and oxygen atoms in total. The molecule has 0 aliphatic rings. The molecule has 42 heavy (non-hydrogen) atoms. The number of phenolic OH excluding ortho intramolecular Hbond substituents is 1. The molecule has 0 spiro atoms. The topological polar surface area (TPSA) is 299 Å². The molecular weight excluding hydrogens is 552 g/mol. The highest BCUT2D eigenvalue weighted by molar-refractivity contribution is 5.94. The SMILES string of the molecule is NCCCCC(NC(=O)C(CCCN=C(N)N)NC(=O)C(N)CCC(=O)O)C(=O)NC(Cc1ccc(O)cc1)C(=O)O. The van der Waals surface area contributed by atoms with Crippen molar-refractivity contribution in [2.75, 3.05) is 13.1 Å². The Morgan fingerprint density at radius 1 is 0.786 bits per heavy atom. The van der Waals surface area contributed by atoms with Gasteiger partial charge in [0.2, 0.25) is 17.7 Å². The zero-order valence-electron chi connectivity index (χ0n) is 23.3. The van der Waals surface area contributed by atoms with Crippen LogP contribution in [0.2, 0.25) is 0 Å². The van der Waals surface area contributed by atoms with E-state index in [-0.39, 0.29) is 56.8 Å². The largest absolute Gasteiger partial charge is 0.508 e. The monoisotopic (exact) mass is 594 g/mol. The van der Waals surface area contributed by atoms with Crippen LogP contribution < -0.4 is 38.9 Å². The molecule has 4 unspecified atom stereocenters. The fraction of sp³-hybridized carbons (Fsp3) is 0.538. The number of benzene rings is 1. The second kappa shape index (κ2) is 18.8. The number of rotatable bonds is 20. The molecule has 0 fully saturated rings. The quantitative estimate of drug-likeness (QED) is 0.0439. The molecule has 0 saturated carbocycles. The molecule has 14 N–H and O–H groups in total. The number of amides is 3. The van der Waals surface area contributed by atoms with E-state index in [4.69, 9.17) is 28.0 Å². The number of carbonyl (C=O) groups is 5. The van der Waals surface area contributed by atoms with Gasteiger partial charge in [-0.3, -0.25) is 24.2 Å². The molecule has 1 rings (SSSR count). The molecule has 1 aromatic carbocycles. The lowest BCUT2D eigenvalue weighted by Crippen LogP contribution is -2.57. The number of nitrogens with zero attached hydrogens (tertiary/aromatic N) is 1. The third kappa shape index (κ3) is 14.3. The Morgan fingerprint density at radius 2 is 1.33 bits per heavy atom. The van der Waals surface area contributed by atoms with Gasteiger partial charge in [0, 0.05) is 19.4 Å². The van der Waals surface area contributed by atoms with Gasteiger partial charge < -0.3 is 54.2 Å². The van der Waals surface area contributed by atoms with E-state index >= 15 is 0 Å². The molecule has 0 bridgehead atoms. The van der Waals surface area contributed by atoms with Gasteiger partial charge in [-0.15, -0.1) is 0 Å². The van der Waals surface area contributed by atoms with E-state index in [2.05, 4.69) is 20.9 Å². The predicted octanol–water partition coefficient (Wildman–Crippen LogP) is -2.15. The summed E-state index contributed by atoms with van der Waals surface area (Å²) in [6.45, 7) is 0.476. The Labute approximate surface area is 243 Å². The van der Waals surface area contributed by atoms with Gasteiger partial charge in [0.05, 0.1) is 6.04 Å². The van der Waals surface area contributed by atoms with Gasteiger partial charge in [-0.1, -0.05) is 12.1 Å². The van der Waals surface area contributed by atoms with Gasteiger partial charge in [-0.05, 0) is 62.8 Å². The lowest BCUT2D eigenvalue weighted by molar-refractivity contribution is -0.142. The van der Waals surface area contributed by atoms with Crippen molar-refractivity contribution >= 4 is 35.6 Å². The van der Waals surface area contributed by atoms with Crippen LogP contribution in [0.4, 0.5) is 0 Å². The van der Waals surface area contributed by atoms with E-state index in [0.717, 1.165) is 0 Å². The molecule has 1 aromatic rings. The van der Waals surface area contributed by atoms with Gasteiger partial charge in [0.15, 0.2) is 5.96 Å². The maximum Gasteiger partial charge on any atom is 0.326 e. The minimum Gasteiger partial charge on any atom is -0.508 e. The number of hydrogen-bond donors (Lipinski definition) is 10.